The average molecular weight is 720 g/mol. The van der Waals surface area contributed by atoms with Crippen molar-refractivity contribution in [3.8, 4) is 5.75 Å². The molecule has 0 N–H and O–H groups in total. The fourth-order valence-electron chi connectivity index (χ4n) is 5.28. The molecule has 2 aromatic carbocycles. The zero-order valence-electron chi connectivity index (χ0n) is 30.7. The summed E-state index contributed by atoms with van der Waals surface area (Å²) in [5, 5.41) is 16.2. The molecule has 5 atom stereocenters. The van der Waals surface area contributed by atoms with E-state index < -0.39 is 63.5 Å². The Morgan fingerprint density at radius 1 is 0.761 bits per heavy atom. The average Bonchev–Trinajstić information content (AvgIpc) is 2.87. The fraction of sp³-hybridized carbons (Fsp3) is 0.636. The third kappa shape index (κ3) is 12.6. The van der Waals surface area contributed by atoms with E-state index in [1.807, 2.05) is 37.3 Å². The maximum atomic E-state index is 15.6. The molecule has 1 saturated heterocycles. The molecule has 1 unspecified atom stereocenters. The van der Waals surface area contributed by atoms with Gasteiger partial charge in [-0.1, -0.05) is 35.9 Å². The van der Waals surface area contributed by atoms with Gasteiger partial charge >= 0.3 is 18.9 Å². The van der Waals surface area contributed by atoms with Gasteiger partial charge in [0.05, 0.1) is 25.4 Å². The number of hydrogen-bond donors (Lipinski definition) is 0. The monoisotopic (exact) mass is 718 g/mol. The molecule has 0 saturated carbocycles. The summed E-state index contributed by atoms with van der Waals surface area (Å²) in [5.74, 6) is -1.27. The summed E-state index contributed by atoms with van der Waals surface area (Å²) < 4.78 is 39.3. The first kappa shape index (κ1) is 41.9. The van der Waals surface area contributed by atoms with Crippen LogP contribution in [0.25, 0.3) is 0 Å². The van der Waals surface area contributed by atoms with Crippen molar-refractivity contribution in [2.45, 2.75) is 122 Å². The number of halogens is 1. The molecule has 3 rings (SSSR count). The molecule has 0 aromatic heterocycles. The summed E-state index contributed by atoms with van der Waals surface area (Å²) in [4.78, 5) is 0. The molecule has 1 heterocycles. The second-order valence-electron chi connectivity index (χ2n) is 15.8. The summed E-state index contributed by atoms with van der Waals surface area (Å²) in [5.41, 5.74) is 2.36. The van der Waals surface area contributed by atoms with E-state index in [1.165, 1.54) is 0 Å². The molecule has 1 aliphatic heterocycles. The maximum absolute atomic E-state index is 15.6. The quantitative estimate of drug-likeness (QED) is 0.261. The molecule has 0 bridgehead atoms. The van der Waals surface area contributed by atoms with Crippen LogP contribution in [0.15, 0.2) is 42.5 Å². The predicted octanol–water partition coefficient (Wildman–Crippen LogP) is 4.76. The maximum Gasteiger partial charge on any atom is 1.00 e. The topological polar surface area (TPSA) is 78.4 Å². The van der Waals surface area contributed by atoms with Gasteiger partial charge in [-0.15, -0.1) is 0 Å². The second-order valence-corrected chi connectivity index (χ2v) is 34.1. The van der Waals surface area contributed by atoms with E-state index in [-0.39, 0.29) is 25.5 Å². The Morgan fingerprint density at radius 2 is 1.30 bits per heavy atom. The summed E-state index contributed by atoms with van der Waals surface area (Å²) in [6, 6.07) is 13.4. The first-order valence-electron chi connectivity index (χ1n) is 16.1. The van der Waals surface area contributed by atoms with Crippen LogP contribution in [0.1, 0.15) is 23.6 Å². The molecule has 0 aliphatic carbocycles. The normalized spacial score (nSPS) is 24.4. The van der Waals surface area contributed by atoms with Crippen LogP contribution in [-0.2, 0) is 34.6 Å². The standard InChI is InChI=1S/C33H56ClO7Si4.Li/c1-14-36-27-18-15-24(16-19-27)21-25-22-26(17-20-28(25)34)33(35)32(41-45(11,12)13)31(40-44(8,9)10)30(39-43(5,6)7)29(38-33)23-37-42(2,3)4;/h15-20,22,29-32H,14,21,23H2,1-13H3;/q-1;+1/t29-,30+,31+,32-,33?;/m1./s1. The van der Waals surface area contributed by atoms with Gasteiger partial charge in [0, 0.05) is 10.8 Å². The van der Waals surface area contributed by atoms with Crippen molar-refractivity contribution in [1.29, 1.82) is 0 Å². The molecular formula is C33H56ClLiO7Si4. The minimum absolute atomic E-state index is 0. The van der Waals surface area contributed by atoms with Gasteiger partial charge in [-0.05, 0) is 127 Å². The Balaban J connectivity index is 0.00000736. The zero-order valence-corrected chi connectivity index (χ0v) is 35.5. The van der Waals surface area contributed by atoms with E-state index in [0.717, 1.165) is 16.9 Å². The molecule has 0 amide bonds. The van der Waals surface area contributed by atoms with E-state index in [2.05, 4.69) is 78.6 Å². The van der Waals surface area contributed by atoms with Crippen molar-refractivity contribution in [1.82, 2.24) is 0 Å². The van der Waals surface area contributed by atoms with Gasteiger partial charge in [-0.3, -0.25) is 0 Å². The van der Waals surface area contributed by atoms with E-state index >= 15 is 5.11 Å². The first-order valence-corrected chi connectivity index (χ1v) is 30.1. The van der Waals surface area contributed by atoms with E-state index in [1.54, 1.807) is 12.1 Å². The Labute approximate surface area is 299 Å². The van der Waals surface area contributed by atoms with Gasteiger partial charge in [0.1, 0.15) is 18.0 Å². The van der Waals surface area contributed by atoms with Gasteiger partial charge in [0.15, 0.2) is 33.3 Å². The molecule has 0 spiro atoms. The molecule has 46 heavy (non-hydrogen) atoms. The van der Waals surface area contributed by atoms with Crippen molar-refractivity contribution < 1.29 is 51.1 Å². The second kappa shape index (κ2) is 16.2. The Kier molecular flexibility index (Phi) is 14.8. The van der Waals surface area contributed by atoms with Crippen molar-refractivity contribution in [3.63, 3.8) is 0 Å². The third-order valence-corrected chi connectivity index (χ3v) is 11.2. The van der Waals surface area contributed by atoms with Crippen molar-refractivity contribution in [3.05, 3.63) is 64.2 Å². The minimum Gasteiger partial charge on any atom is -0.823 e. The van der Waals surface area contributed by atoms with Gasteiger partial charge in [-0.25, -0.2) is 0 Å². The number of hydrogen-bond acceptors (Lipinski definition) is 7. The van der Waals surface area contributed by atoms with Crippen LogP contribution in [0.2, 0.25) is 83.6 Å². The van der Waals surface area contributed by atoms with Crippen LogP contribution < -0.4 is 28.7 Å². The summed E-state index contributed by atoms with van der Waals surface area (Å²) >= 11 is 6.75. The first-order chi connectivity index (χ1) is 20.5. The molecule has 1 fully saturated rings. The van der Waals surface area contributed by atoms with Crippen LogP contribution >= 0.6 is 11.6 Å². The smallest absolute Gasteiger partial charge is 0.823 e. The van der Waals surface area contributed by atoms with E-state index in [4.69, 9.17) is 38.8 Å². The van der Waals surface area contributed by atoms with Crippen LogP contribution in [0, 0.1) is 0 Å². The van der Waals surface area contributed by atoms with Crippen molar-refractivity contribution in [2.75, 3.05) is 13.2 Å². The number of ether oxygens (including phenoxy) is 2. The SMILES string of the molecule is CCOc1ccc(Cc2cc(C3([O-])O[C@H](CO[Si](C)(C)C)[C@H](O[Si](C)(C)C)[C@H](O[Si](C)(C)C)[C@H]3O[Si](C)(C)C)ccc2Cl)cc1.[Li+]. The van der Waals surface area contributed by atoms with Crippen LogP contribution in [0.4, 0.5) is 0 Å². The van der Waals surface area contributed by atoms with E-state index in [0.29, 0.717) is 23.6 Å². The van der Waals surface area contributed by atoms with Crippen molar-refractivity contribution in [2.24, 2.45) is 0 Å². The summed E-state index contributed by atoms with van der Waals surface area (Å²) in [6.45, 7) is 28.3. The molecule has 1 aliphatic rings. The van der Waals surface area contributed by atoms with E-state index in [9.17, 15) is 0 Å². The van der Waals surface area contributed by atoms with Gasteiger partial charge in [0.2, 0.25) is 0 Å². The van der Waals surface area contributed by atoms with Crippen molar-refractivity contribution >= 4 is 44.9 Å². The molecule has 7 nitrogen and oxygen atoms in total. The van der Waals surface area contributed by atoms with Crippen LogP contribution in [0.3, 0.4) is 0 Å². The van der Waals surface area contributed by atoms with Gasteiger partial charge < -0.3 is 32.3 Å². The predicted molar refractivity (Wildman–Crippen MR) is 192 cm³/mol. The molecule has 2 aromatic rings. The van der Waals surface area contributed by atoms with Gasteiger partial charge in [-0.2, -0.15) is 0 Å². The summed E-state index contributed by atoms with van der Waals surface area (Å²) in [7, 11) is -8.57. The van der Waals surface area contributed by atoms with Crippen LogP contribution in [-0.4, -0.2) is 70.9 Å². The Hall–Kier alpha value is -0.245. The molecular weight excluding hydrogens is 663 g/mol. The largest absolute Gasteiger partial charge is 1.00 e. The fourth-order valence-corrected chi connectivity index (χ4v) is 9.36. The number of benzene rings is 2. The molecule has 13 heteroatoms. The third-order valence-electron chi connectivity index (χ3n) is 6.91. The Morgan fingerprint density at radius 3 is 1.80 bits per heavy atom. The van der Waals surface area contributed by atoms with Crippen LogP contribution in [0.5, 0.6) is 5.75 Å². The minimum atomic E-state index is -2.29. The number of rotatable bonds is 14. The molecule has 0 radical (unpaired) electrons. The summed E-state index contributed by atoms with van der Waals surface area (Å²) in [6.07, 6.45) is -2.19. The molecule has 254 valence electrons. The van der Waals surface area contributed by atoms with Gasteiger partial charge in [0.25, 0.3) is 0 Å². The Bertz CT molecular complexity index is 1260. The zero-order chi connectivity index (χ0) is 34.0.